The van der Waals surface area contributed by atoms with E-state index in [0.717, 1.165) is 17.7 Å². The van der Waals surface area contributed by atoms with Crippen molar-refractivity contribution in [1.29, 1.82) is 0 Å². The van der Waals surface area contributed by atoms with Crippen LogP contribution in [0.15, 0.2) is 71.6 Å². The van der Waals surface area contributed by atoms with Gasteiger partial charge in [0, 0.05) is 36.8 Å². The molecule has 0 bridgehead atoms. The fraction of sp³-hybridized carbons (Fsp3) is 0.406. The molecule has 3 atom stereocenters. The van der Waals surface area contributed by atoms with Gasteiger partial charge in [-0.2, -0.15) is 13.2 Å². The number of sulfonamides is 1. The predicted octanol–water partition coefficient (Wildman–Crippen LogP) is 5.10. The molecule has 3 aromatic rings. The summed E-state index contributed by atoms with van der Waals surface area (Å²) in [5.41, 5.74) is 1.67. The van der Waals surface area contributed by atoms with Gasteiger partial charge in [0.1, 0.15) is 11.9 Å². The van der Waals surface area contributed by atoms with Crippen molar-refractivity contribution >= 4 is 21.6 Å². The fourth-order valence-corrected chi connectivity index (χ4v) is 6.17. The van der Waals surface area contributed by atoms with E-state index in [1.165, 1.54) is 24.3 Å². The Hall–Kier alpha value is -3.61. The van der Waals surface area contributed by atoms with E-state index in [1.807, 2.05) is 25.8 Å². The van der Waals surface area contributed by atoms with Crippen molar-refractivity contribution in [1.82, 2.24) is 9.80 Å². The molecular weight excluding hydrogens is 595 g/mol. The van der Waals surface area contributed by atoms with Crippen LogP contribution in [-0.2, 0) is 34.0 Å². The minimum Gasteiger partial charge on any atom is -0.488 e. The van der Waals surface area contributed by atoms with Gasteiger partial charge >= 0.3 is 6.18 Å². The number of likely N-dealkylation sites (N-methyl/N-ethyl adjacent to an activating group) is 1. The Labute approximate surface area is 256 Å². The summed E-state index contributed by atoms with van der Waals surface area (Å²) in [7, 11) is -2.05. The highest BCUT2D eigenvalue weighted by Gasteiger charge is 2.32. The average Bonchev–Trinajstić information content (AvgIpc) is 3.00. The minimum absolute atomic E-state index is 0.0688. The monoisotopic (exact) mass is 633 g/mol. The smallest absolute Gasteiger partial charge is 0.416 e. The molecule has 238 valence electrons. The molecule has 0 aromatic heterocycles. The summed E-state index contributed by atoms with van der Waals surface area (Å²) < 4.78 is 74.1. The number of nitrogens with one attached hydrogen (secondary N) is 1. The highest BCUT2D eigenvalue weighted by atomic mass is 32.2. The highest BCUT2D eigenvalue weighted by Crippen LogP contribution is 2.31. The number of alkyl halides is 3. The van der Waals surface area contributed by atoms with E-state index in [-0.39, 0.29) is 35.4 Å². The Morgan fingerprint density at radius 1 is 1.09 bits per heavy atom. The molecule has 3 aromatic carbocycles. The third-order valence-electron chi connectivity index (χ3n) is 7.73. The van der Waals surface area contributed by atoms with Crippen molar-refractivity contribution in [3.8, 4) is 5.75 Å². The first-order valence-corrected chi connectivity index (χ1v) is 15.8. The molecule has 12 heteroatoms. The summed E-state index contributed by atoms with van der Waals surface area (Å²) in [6.45, 7) is 6.38. The number of aryl methyl sites for hydroxylation is 1. The predicted molar refractivity (Wildman–Crippen MR) is 162 cm³/mol. The van der Waals surface area contributed by atoms with Crippen LogP contribution >= 0.6 is 0 Å². The topological polar surface area (TPSA) is 99.2 Å². The van der Waals surface area contributed by atoms with Gasteiger partial charge in [0.25, 0.3) is 10.0 Å². The zero-order valence-corrected chi connectivity index (χ0v) is 26.0. The van der Waals surface area contributed by atoms with Crippen LogP contribution in [0.1, 0.15) is 36.1 Å². The Kier molecular flexibility index (Phi) is 10.3. The molecule has 1 amide bonds. The van der Waals surface area contributed by atoms with Crippen molar-refractivity contribution in [3.05, 3.63) is 89.0 Å². The summed E-state index contributed by atoms with van der Waals surface area (Å²) >= 11 is 0. The number of nitrogens with zero attached hydrogens (tertiary/aromatic N) is 2. The van der Waals surface area contributed by atoms with Crippen LogP contribution in [0.3, 0.4) is 0 Å². The number of aliphatic hydroxyl groups excluding tert-OH is 1. The van der Waals surface area contributed by atoms with Gasteiger partial charge in [0.15, 0.2) is 0 Å². The molecule has 0 spiro atoms. The van der Waals surface area contributed by atoms with E-state index < -0.39 is 33.9 Å². The lowest BCUT2D eigenvalue weighted by molar-refractivity contribution is -0.137. The first-order chi connectivity index (χ1) is 20.7. The molecule has 0 fully saturated rings. The first kappa shape index (κ1) is 33.3. The number of ether oxygens (including phenoxy) is 1. The van der Waals surface area contributed by atoms with Crippen LogP contribution in [0, 0.1) is 12.8 Å². The average molecular weight is 634 g/mol. The van der Waals surface area contributed by atoms with Crippen molar-refractivity contribution in [2.24, 2.45) is 5.92 Å². The molecular formula is C32H38F3N3O5S. The number of halogens is 3. The maximum Gasteiger partial charge on any atom is 0.416 e. The molecule has 0 radical (unpaired) electrons. The Morgan fingerprint density at radius 2 is 1.75 bits per heavy atom. The summed E-state index contributed by atoms with van der Waals surface area (Å²) in [4.78, 5) is 17.1. The number of carbonyl (C=O) groups is 1. The van der Waals surface area contributed by atoms with Crippen molar-refractivity contribution in [2.45, 2.75) is 57.0 Å². The molecule has 0 aliphatic carbocycles. The lowest BCUT2D eigenvalue weighted by Crippen LogP contribution is -2.47. The van der Waals surface area contributed by atoms with Crippen LogP contribution in [0.2, 0.25) is 0 Å². The molecule has 44 heavy (non-hydrogen) atoms. The normalized spacial score (nSPS) is 18.6. The highest BCUT2D eigenvalue weighted by molar-refractivity contribution is 7.92. The first-order valence-electron chi connectivity index (χ1n) is 14.3. The van der Waals surface area contributed by atoms with Crippen LogP contribution in [-0.4, -0.2) is 68.1 Å². The van der Waals surface area contributed by atoms with E-state index in [1.54, 1.807) is 42.2 Å². The number of benzene rings is 3. The maximum absolute atomic E-state index is 13.5. The van der Waals surface area contributed by atoms with E-state index in [9.17, 15) is 31.5 Å². The second-order valence-electron chi connectivity index (χ2n) is 11.5. The second kappa shape index (κ2) is 13.6. The lowest BCUT2D eigenvalue weighted by atomic mass is 10.0. The fourth-order valence-electron chi connectivity index (χ4n) is 5.12. The molecule has 0 unspecified atom stereocenters. The zero-order valence-electron chi connectivity index (χ0n) is 25.1. The van der Waals surface area contributed by atoms with Gasteiger partial charge < -0.3 is 14.7 Å². The molecule has 8 nitrogen and oxygen atoms in total. The Morgan fingerprint density at radius 3 is 2.36 bits per heavy atom. The van der Waals surface area contributed by atoms with Gasteiger partial charge in [0.05, 0.1) is 29.5 Å². The third kappa shape index (κ3) is 8.30. The van der Waals surface area contributed by atoms with Crippen molar-refractivity contribution in [2.75, 3.05) is 31.5 Å². The van der Waals surface area contributed by atoms with E-state index >= 15 is 0 Å². The molecule has 2 N–H and O–H groups in total. The number of fused-ring (bicyclic) bond motifs is 1. The lowest BCUT2D eigenvalue weighted by Gasteiger charge is -2.34. The molecule has 0 saturated carbocycles. The largest absolute Gasteiger partial charge is 0.488 e. The molecule has 4 rings (SSSR count). The van der Waals surface area contributed by atoms with Crippen molar-refractivity contribution < 1.29 is 36.2 Å². The second-order valence-corrected chi connectivity index (χ2v) is 13.2. The summed E-state index contributed by atoms with van der Waals surface area (Å²) in [5, 5.41) is 9.88. The van der Waals surface area contributed by atoms with E-state index in [4.69, 9.17) is 4.74 Å². The van der Waals surface area contributed by atoms with Gasteiger partial charge in [-0.15, -0.1) is 0 Å². The van der Waals surface area contributed by atoms with E-state index in [0.29, 0.717) is 36.5 Å². The van der Waals surface area contributed by atoms with Crippen LogP contribution in [0.4, 0.5) is 18.9 Å². The van der Waals surface area contributed by atoms with Crippen LogP contribution in [0.25, 0.3) is 0 Å². The van der Waals surface area contributed by atoms with Gasteiger partial charge in [-0.1, -0.05) is 36.8 Å². The Bertz CT molecular complexity index is 1550. The zero-order chi connectivity index (χ0) is 32.2. The van der Waals surface area contributed by atoms with Crippen molar-refractivity contribution in [3.63, 3.8) is 0 Å². The minimum atomic E-state index is -4.41. The standard InChI is InChI=1S/C32H38F3N3O5S/c1-21-5-12-28(13-6-21)44(41,42)36-27-11-14-29-25(15-27)16-31(40)38(23(3)20-39)17-22(2)30(43-29)19-37(4)18-24-7-9-26(10-8-24)32(33,34)35/h5-15,22-23,30,36,39H,16-20H2,1-4H3/t22-,23-,30-/m1/s1. The molecule has 1 aliphatic heterocycles. The number of rotatable bonds is 9. The van der Waals surface area contributed by atoms with Crippen LogP contribution in [0.5, 0.6) is 5.75 Å². The molecule has 1 aliphatic rings. The third-order valence-corrected chi connectivity index (χ3v) is 9.12. The van der Waals surface area contributed by atoms with Gasteiger partial charge in [-0.25, -0.2) is 8.42 Å². The number of hydrogen-bond donors (Lipinski definition) is 2. The van der Waals surface area contributed by atoms with Gasteiger partial charge in [-0.05, 0) is 68.9 Å². The molecule has 0 saturated heterocycles. The summed E-state index contributed by atoms with van der Waals surface area (Å²) in [5.74, 6) is 0.00383. The van der Waals surface area contributed by atoms with Crippen LogP contribution < -0.4 is 9.46 Å². The van der Waals surface area contributed by atoms with Gasteiger partial charge in [0.2, 0.25) is 5.91 Å². The van der Waals surface area contributed by atoms with E-state index in [2.05, 4.69) is 4.72 Å². The number of aliphatic hydroxyl groups is 1. The number of carbonyl (C=O) groups excluding carboxylic acids is 1. The summed E-state index contributed by atoms with van der Waals surface area (Å²) in [6, 6.07) is 15.8. The maximum atomic E-state index is 13.5. The van der Waals surface area contributed by atoms with Gasteiger partial charge in [-0.3, -0.25) is 14.4 Å². The number of amides is 1. The summed E-state index contributed by atoms with van der Waals surface area (Å²) in [6.07, 6.45) is -4.92. The number of hydrogen-bond acceptors (Lipinski definition) is 6. The SMILES string of the molecule is Cc1ccc(S(=O)(=O)Nc2ccc3c(c2)CC(=O)N([C@H](C)CO)C[C@@H](C)[C@@H](CN(C)Cc2ccc(C(F)(F)F)cc2)O3)cc1. The Balaban J connectivity index is 1.60. The molecule has 1 heterocycles. The quantitative estimate of drug-likeness (QED) is 0.341. The number of anilines is 1.